The zero-order chi connectivity index (χ0) is 11.8. The van der Waals surface area contributed by atoms with Gasteiger partial charge in [-0.2, -0.15) is 11.8 Å². The highest BCUT2D eigenvalue weighted by Gasteiger charge is 2.23. The van der Waals surface area contributed by atoms with Crippen LogP contribution in [0.5, 0.6) is 0 Å². The average Bonchev–Trinajstić information content (AvgIpc) is 2.25. The van der Waals surface area contributed by atoms with E-state index >= 15 is 0 Å². The Hall–Kier alpha value is 0.270. The summed E-state index contributed by atoms with van der Waals surface area (Å²) in [7, 11) is 0. The topological polar surface area (TPSA) is 29.3 Å². The molecule has 1 atom stereocenters. The maximum absolute atomic E-state index is 5.92. The van der Waals surface area contributed by atoms with E-state index in [0.29, 0.717) is 6.04 Å². The number of hydrogen-bond acceptors (Lipinski definition) is 3. The van der Waals surface area contributed by atoms with Gasteiger partial charge in [0.05, 0.1) is 0 Å². The van der Waals surface area contributed by atoms with Gasteiger partial charge in [0.15, 0.2) is 0 Å². The monoisotopic (exact) mass is 244 g/mol. The third kappa shape index (κ3) is 4.64. The molecule has 1 saturated carbocycles. The van der Waals surface area contributed by atoms with Crippen LogP contribution in [-0.2, 0) is 0 Å². The minimum Gasteiger partial charge on any atom is -0.329 e. The van der Waals surface area contributed by atoms with Gasteiger partial charge in [0, 0.05) is 19.1 Å². The summed E-state index contributed by atoms with van der Waals surface area (Å²) >= 11 is 1.94. The van der Waals surface area contributed by atoms with Gasteiger partial charge in [-0.25, -0.2) is 0 Å². The molecule has 0 aliphatic heterocycles. The third-order valence-corrected chi connectivity index (χ3v) is 4.49. The second-order valence-corrected chi connectivity index (χ2v) is 5.89. The van der Waals surface area contributed by atoms with Crippen molar-refractivity contribution in [1.29, 1.82) is 0 Å². The molecule has 1 unspecified atom stereocenters. The molecule has 1 aliphatic rings. The molecule has 0 aromatic rings. The van der Waals surface area contributed by atoms with Gasteiger partial charge in [0.2, 0.25) is 0 Å². The van der Waals surface area contributed by atoms with Crippen molar-refractivity contribution in [1.82, 2.24) is 4.90 Å². The molecule has 0 amide bonds. The molecule has 0 aromatic carbocycles. The smallest absolute Gasteiger partial charge is 0.0218 e. The zero-order valence-corrected chi connectivity index (χ0v) is 11.8. The lowest BCUT2D eigenvalue weighted by molar-refractivity contribution is 0.135. The molecule has 2 N–H and O–H groups in total. The Labute approximate surface area is 105 Å². The van der Waals surface area contributed by atoms with Gasteiger partial charge in [0.25, 0.3) is 0 Å². The maximum atomic E-state index is 5.92. The van der Waals surface area contributed by atoms with Crippen molar-refractivity contribution >= 4 is 11.8 Å². The number of nitrogens with two attached hydrogens (primary N) is 1. The molecule has 1 aliphatic carbocycles. The van der Waals surface area contributed by atoms with Crippen molar-refractivity contribution in [3.8, 4) is 0 Å². The van der Waals surface area contributed by atoms with Crippen LogP contribution in [0.25, 0.3) is 0 Å². The van der Waals surface area contributed by atoms with Gasteiger partial charge in [-0.15, -0.1) is 0 Å². The van der Waals surface area contributed by atoms with E-state index in [4.69, 9.17) is 5.73 Å². The lowest BCUT2D eigenvalue weighted by Gasteiger charge is -2.36. The molecule has 0 spiro atoms. The Bertz CT molecular complexity index is 171. The average molecular weight is 244 g/mol. The largest absolute Gasteiger partial charge is 0.329 e. The van der Waals surface area contributed by atoms with E-state index in [1.165, 1.54) is 44.4 Å². The Morgan fingerprint density at radius 3 is 2.62 bits per heavy atom. The minimum absolute atomic E-state index is 0.623. The maximum Gasteiger partial charge on any atom is 0.0218 e. The van der Waals surface area contributed by atoms with Crippen LogP contribution in [0.15, 0.2) is 0 Å². The SMILES string of the molecule is CCN(CC1CCC1)C(CN)CCCSC. The van der Waals surface area contributed by atoms with Crippen molar-refractivity contribution in [3.63, 3.8) is 0 Å². The molecule has 16 heavy (non-hydrogen) atoms. The molecule has 0 saturated heterocycles. The van der Waals surface area contributed by atoms with E-state index < -0.39 is 0 Å². The van der Waals surface area contributed by atoms with Gasteiger partial charge in [-0.05, 0) is 50.2 Å². The summed E-state index contributed by atoms with van der Waals surface area (Å²) in [5.74, 6) is 2.24. The third-order valence-electron chi connectivity index (χ3n) is 3.80. The fourth-order valence-electron chi connectivity index (χ4n) is 2.46. The molecule has 1 fully saturated rings. The van der Waals surface area contributed by atoms with E-state index in [-0.39, 0.29) is 0 Å². The molecule has 0 heterocycles. The fourth-order valence-corrected chi connectivity index (χ4v) is 2.91. The highest BCUT2D eigenvalue weighted by atomic mass is 32.2. The molecule has 2 nitrogen and oxygen atoms in total. The van der Waals surface area contributed by atoms with Crippen LogP contribution >= 0.6 is 11.8 Å². The minimum atomic E-state index is 0.623. The van der Waals surface area contributed by atoms with Crippen LogP contribution in [0.1, 0.15) is 39.0 Å². The lowest BCUT2D eigenvalue weighted by Crippen LogP contribution is -2.44. The van der Waals surface area contributed by atoms with Gasteiger partial charge < -0.3 is 5.73 Å². The number of nitrogens with zero attached hydrogens (tertiary/aromatic N) is 1. The molecular weight excluding hydrogens is 216 g/mol. The zero-order valence-electron chi connectivity index (χ0n) is 11.0. The second kappa shape index (κ2) is 8.37. The first-order valence-corrected chi connectivity index (χ1v) is 8.14. The van der Waals surface area contributed by atoms with Crippen molar-refractivity contribution in [2.45, 2.75) is 45.1 Å². The summed E-state index contributed by atoms with van der Waals surface area (Å²) in [6.45, 7) is 5.56. The summed E-state index contributed by atoms with van der Waals surface area (Å²) in [6.07, 6.45) is 9.10. The van der Waals surface area contributed by atoms with Gasteiger partial charge in [0.1, 0.15) is 0 Å². The van der Waals surface area contributed by atoms with Crippen LogP contribution in [0.4, 0.5) is 0 Å². The molecule has 1 rings (SSSR count). The van der Waals surface area contributed by atoms with Crippen molar-refractivity contribution in [2.24, 2.45) is 11.7 Å². The molecular formula is C13H28N2S. The summed E-state index contributed by atoms with van der Waals surface area (Å²) in [5.41, 5.74) is 5.92. The van der Waals surface area contributed by atoms with Gasteiger partial charge in [-0.1, -0.05) is 13.3 Å². The Balaban J connectivity index is 2.27. The fraction of sp³-hybridized carbons (Fsp3) is 1.00. The van der Waals surface area contributed by atoms with Crippen LogP contribution in [0, 0.1) is 5.92 Å². The first kappa shape index (κ1) is 14.3. The quantitative estimate of drug-likeness (QED) is 0.632. The lowest BCUT2D eigenvalue weighted by atomic mass is 9.84. The standard InChI is InChI=1S/C13H28N2S/c1-3-15(11-12-6-4-7-12)13(10-14)8-5-9-16-2/h12-13H,3-11,14H2,1-2H3. The molecule has 3 heteroatoms. The van der Waals surface area contributed by atoms with Gasteiger partial charge in [-0.3, -0.25) is 4.90 Å². The highest BCUT2D eigenvalue weighted by molar-refractivity contribution is 7.98. The van der Waals surface area contributed by atoms with E-state index in [0.717, 1.165) is 19.0 Å². The Morgan fingerprint density at radius 2 is 2.19 bits per heavy atom. The normalized spacial score (nSPS) is 18.8. The Morgan fingerprint density at radius 1 is 1.44 bits per heavy atom. The number of rotatable bonds is 9. The predicted molar refractivity (Wildman–Crippen MR) is 75.0 cm³/mol. The van der Waals surface area contributed by atoms with E-state index in [1.54, 1.807) is 0 Å². The van der Waals surface area contributed by atoms with Crippen molar-refractivity contribution in [2.75, 3.05) is 31.6 Å². The van der Waals surface area contributed by atoms with E-state index in [9.17, 15) is 0 Å². The van der Waals surface area contributed by atoms with Gasteiger partial charge >= 0.3 is 0 Å². The number of hydrogen-bond donors (Lipinski definition) is 1. The molecule has 0 bridgehead atoms. The molecule has 0 radical (unpaired) electrons. The van der Waals surface area contributed by atoms with E-state index in [1.807, 2.05) is 11.8 Å². The first-order valence-electron chi connectivity index (χ1n) is 6.74. The van der Waals surface area contributed by atoms with Crippen LogP contribution in [0.2, 0.25) is 0 Å². The summed E-state index contributed by atoms with van der Waals surface area (Å²) in [5, 5.41) is 0. The Kier molecular flexibility index (Phi) is 7.50. The summed E-state index contributed by atoms with van der Waals surface area (Å²) < 4.78 is 0. The van der Waals surface area contributed by atoms with E-state index in [2.05, 4.69) is 18.1 Å². The second-order valence-electron chi connectivity index (χ2n) is 4.91. The predicted octanol–water partition coefficient (Wildman–Crippen LogP) is 2.58. The highest BCUT2D eigenvalue weighted by Crippen LogP contribution is 2.28. The number of thioether (sulfide) groups is 1. The van der Waals surface area contributed by atoms with Crippen LogP contribution < -0.4 is 5.73 Å². The van der Waals surface area contributed by atoms with Crippen molar-refractivity contribution in [3.05, 3.63) is 0 Å². The molecule has 96 valence electrons. The first-order chi connectivity index (χ1) is 7.81. The van der Waals surface area contributed by atoms with Crippen molar-refractivity contribution < 1.29 is 0 Å². The van der Waals surface area contributed by atoms with Crippen LogP contribution in [0.3, 0.4) is 0 Å². The number of likely N-dealkylation sites (N-methyl/N-ethyl adjacent to an activating group) is 1. The summed E-state index contributed by atoms with van der Waals surface area (Å²) in [4.78, 5) is 2.62. The molecule has 0 aromatic heterocycles. The summed E-state index contributed by atoms with van der Waals surface area (Å²) in [6, 6.07) is 0.623. The van der Waals surface area contributed by atoms with Crippen LogP contribution in [-0.4, -0.2) is 42.6 Å².